The van der Waals surface area contributed by atoms with Crippen LogP contribution in [0, 0.1) is 0 Å². The minimum Gasteiger partial charge on any atom is -0.372 e. The monoisotopic (exact) mass is 175 g/mol. The van der Waals surface area contributed by atoms with Gasteiger partial charge >= 0.3 is 0 Å². The van der Waals surface area contributed by atoms with E-state index in [-0.39, 0.29) is 0 Å². The molecule has 0 aromatic rings. The second kappa shape index (κ2) is 3.30. The fourth-order valence-corrected chi connectivity index (χ4v) is 2.24. The predicted octanol–water partition coefficient (Wildman–Crippen LogP) is 1.09. The zero-order valence-electron chi connectivity index (χ0n) is 6.63. The van der Waals surface area contributed by atoms with E-state index >= 15 is 0 Å². The lowest BCUT2D eigenvalue weighted by Gasteiger charge is -2.31. The molecule has 2 fully saturated rings. The zero-order valence-corrected chi connectivity index (χ0v) is 7.39. The minimum atomic E-state index is 0.511. The Labute approximate surface area is 72.5 Å². The van der Waals surface area contributed by atoms with Gasteiger partial charge in [0, 0.05) is 25.5 Å². The maximum Gasteiger partial charge on any atom is 0.0707 e. The van der Waals surface area contributed by atoms with Crippen molar-refractivity contribution in [2.75, 3.05) is 25.5 Å². The van der Waals surface area contributed by atoms with Gasteiger partial charge in [-0.25, -0.2) is 0 Å². The second-order valence-electron chi connectivity index (χ2n) is 3.41. The van der Waals surface area contributed by atoms with Crippen LogP contribution in [0.25, 0.3) is 0 Å². The summed E-state index contributed by atoms with van der Waals surface area (Å²) in [6, 6.07) is 0. The van der Waals surface area contributed by atoms with E-state index in [0.717, 1.165) is 25.5 Å². The van der Waals surface area contributed by atoms with Crippen LogP contribution >= 0.6 is 11.6 Å². The zero-order chi connectivity index (χ0) is 7.68. The summed E-state index contributed by atoms with van der Waals surface area (Å²) in [6.07, 6.45) is 3.53. The average molecular weight is 176 g/mol. The Bertz CT molecular complexity index is 130. The molecule has 0 spiro atoms. The number of alkyl halides is 1. The number of ether oxygens (including phenoxy) is 1. The van der Waals surface area contributed by atoms with Crippen molar-refractivity contribution in [3.8, 4) is 0 Å². The van der Waals surface area contributed by atoms with Crippen molar-refractivity contribution < 1.29 is 4.74 Å². The summed E-state index contributed by atoms with van der Waals surface area (Å²) in [7, 11) is 0. The molecule has 0 N–H and O–H groups in total. The van der Waals surface area contributed by atoms with E-state index in [9.17, 15) is 0 Å². The predicted molar refractivity (Wildman–Crippen MR) is 45.1 cm³/mol. The van der Waals surface area contributed by atoms with Crippen molar-refractivity contribution in [1.29, 1.82) is 0 Å². The highest BCUT2D eigenvalue weighted by molar-refractivity contribution is 6.18. The van der Waals surface area contributed by atoms with Crippen LogP contribution in [-0.2, 0) is 4.74 Å². The average Bonchev–Trinajstić information content (AvgIpc) is 2.32. The number of fused-ring (bicyclic) bond motifs is 2. The van der Waals surface area contributed by atoms with Crippen LogP contribution in [0.5, 0.6) is 0 Å². The van der Waals surface area contributed by atoms with E-state index < -0.39 is 0 Å². The summed E-state index contributed by atoms with van der Waals surface area (Å²) < 4.78 is 5.69. The lowest BCUT2D eigenvalue weighted by atomic mass is 10.2. The number of rotatable bonds is 2. The highest BCUT2D eigenvalue weighted by Crippen LogP contribution is 2.25. The molecule has 2 saturated heterocycles. The largest absolute Gasteiger partial charge is 0.372 e. The van der Waals surface area contributed by atoms with Crippen LogP contribution in [0.15, 0.2) is 0 Å². The van der Waals surface area contributed by atoms with Crippen LogP contribution in [0.2, 0.25) is 0 Å². The van der Waals surface area contributed by atoms with Gasteiger partial charge in [-0.15, -0.1) is 11.6 Å². The Kier molecular flexibility index (Phi) is 2.35. The molecular weight excluding hydrogens is 162 g/mol. The Hall–Kier alpha value is 0.210. The summed E-state index contributed by atoms with van der Waals surface area (Å²) in [5.41, 5.74) is 0. The summed E-state index contributed by atoms with van der Waals surface area (Å²) in [6.45, 7) is 3.23. The molecule has 0 aromatic carbocycles. The molecule has 2 aliphatic heterocycles. The first-order chi connectivity index (χ1) is 5.38. The normalized spacial score (nSPS) is 37.9. The molecule has 3 heteroatoms. The van der Waals surface area contributed by atoms with E-state index in [1.807, 2.05) is 0 Å². The molecule has 2 heterocycles. The molecule has 64 valence electrons. The Balaban J connectivity index is 1.87. The molecular formula is C8H14ClNO. The van der Waals surface area contributed by atoms with Gasteiger partial charge in [0.2, 0.25) is 0 Å². The molecule has 0 radical (unpaired) electrons. The van der Waals surface area contributed by atoms with E-state index in [2.05, 4.69) is 4.90 Å². The van der Waals surface area contributed by atoms with E-state index in [1.54, 1.807) is 0 Å². The van der Waals surface area contributed by atoms with E-state index in [4.69, 9.17) is 16.3 Å². The van der Waals surface area contributed by atoms with Crippen LogP contribution in [0.3, 0.4) is 0 Å². The highest BCUT2D eigenvalue weighted by Gasteiger charge is 2.32. The molecule has 0 saturated carbocycles. The summed E-state index contributed by atoms with van der Waals surface area (Å²) in [4.78, 5) is 2.42. The van der Waals surface area contributed by atoms with Gasteiger partial charge in [0.05, 0.1) is 12.2 Å². The van der Waals surface area contributed by atoms with Gasteiger partial charge in [-0.1, -0.05) is 0 Å². The molecule has 2 rings (SSSR count). The van der Waals surface area contributed by atoms with E-state index in [0.29, 0.717) is 12.2 Å². The fourth-order valence-electron chi connectivity index (χ4n) is 2.00. The minimum absolute atomic E-state index is 0.511. The van der Waals surface area contributed by atoms with Crippen molar-refractivity contribution in [2.45, 2.75) is 25.0 Å². The fraction of sp³-hybridized carbons (Fsp3) is 1.00. The smallest absolute Gasteiger partial charge is 0.0707 e. The van der Waals surface area contributed by atoms with Gasteiger partial charge in [-0.2, -0.15) is 0 Å². The molecule has 0 aliphatic carbocycles. The van der Waals surface area contributed by atoms with Gasteiger partial charge in [-0.3, -0.25) is 4.90 Å². The van der Waals surface area contributed by atoms with Crippen LogP contribution in [0.4, 0.5) is 0 Å². The standard InChI is InChI=1S/C8H14ClNO/c9-3-4-10-5-7-1-2-8(6-10)11-7/h7-8H,1-6H2/t7-,8-/m1/s1. The Morgan fingerprint density at radius 1 is 1.27 bits per heavy atom. The lowest BCUT2D eigenvalue weighted by Crippen LogP contribution is -2.43. The van der Waals surface area contributed by atoms with Crippen LogP contribution in [0.1, 0.15) is 12.8 Å². The highest BCUT2D eigenvalue weighted by atomic mass is 35.5. The molecule has 0 amide bonds. The quantitative estimate of drug-likeness (QED) is 0.583. The Morgan fingerprint density at radius 3 is 2.45 bits per heavy atom. The van der Waals surface area contributed by atoms with Crippen LogP contribution < -0.4 is 0 Å². The maximum atomic E-state index is 5.69. The summed E-state index contributed by atoms with van der Waals surface area (Å²) >= 11 is 5.67. The van der Waals surface area contributed by atoms with Gasteiger partial charge in [0.15, 0.2) is 0 Å². The third kappa shape index (κ3) is 1.68. The second-order valence-corrected chi connectivity index (χ2v) is 3.78. The molecule has 0 aromatic heterocycles. The molecule has 11 heavy (non-hydrogen) atoms. The SMILES string of the molecule is ClCCN1C[C@H]2CC[C@H](C1)O2. The number of hydrogen-bond donors (Lipinski definition) is 0. The lowest BCUT2D eigenvalue weighted by molar-refractivity contribution is -0.0361. The number of nitrogens with zero attached hydrogens (tertiary/aromatic N) is 1. The number of likely N-dealkylation sites (tertiary alicyclic amines) is 1. The molecule has 2 atom stereocenters. The summed E-state index contributed by atoms with van der Waals surface area (Å²) in [5, 5.41) is 0. The number of hydrogen-bond acceptors (Lipinski definition) is 2. The van der Waals surface area contributed by atoms with Crippen molar-refractivity contribution >= 4 is 11.6 Å². The molecule has 2 aliphatic rings. The van der Waals surface area contributed by atoms with E-state index in [1.165, 1.54) is 12.8 Å². The van der Waals surface area contributed by atoms with Gasteiger partial charge in [0.1, 0.15) is 0 Å². The third-order valence-corrected chi connectivity index (χ3v) is 2.69. The maximum absolute atomic E-state index is 5.69. The topological polar surface area (TPSA) is 12.5 Å². The first kappa shape index (κ1) is 7.84. The molecule has 0 unspecified atom stereocenters. The Morgan fingerprint density at radius 2 is 1.91 bits per heavy atom. The van der Waals surface area contributed by atoms with Crippen molar-refractivity contribution in [2.24, 2.45) is 0 Å². The molecule has 2 bridgehead atoms. The first-order valence-electron chi connectivity index (χ1n) is 4.32. The van der Waals surface area contributed by atoms with Gasteiger partial charge < -0.3 is 4.74 Å². The number of halogens is 1. The number of morpholine rings is 1. The van der Waals surface area contributed by atoms with Gasteiger partial charge in [0.25, 0.3) is 0 Å². The van der Waals surface area contributed by atoms with Gasteiger partial charge in [-0.05, 0) is 12.8 Å². The molecule has 2 nitrogen and oxygen atoms in total. The van der Waals surface area contributed by atoms with Crippen molar-refractivity contribution in [3.05, 3.63) is 0 Å². The van der Waals surface area contributed by atoms with Crippen LogP contribution in [-0.4, -0.2) is 42.6 Å². The summed E-state index contributed by atoms with van der Waals surface area (Å²) in [5.74, 6) is 0.749. The third-order valence-electron chi connectivity index (χ3n) is 2.52. The van der Waals surface area contributed by atoms with Crippen molar-refractivity contribution in [3.63, 3.8) is 0 Å². The first-order valence-corrected chi connectivity index (χ1v) is 4.85. The van der Waals surface area contributed by atoms with Crippen molar-refractivity contribution in [1.82, 2.24) is 4.90 Å².